The SMILES string of the molecule is CC(C)OC(=O)/N=C(\c1ccccn1)C(C)C. The van der Waals surface area contributed by atoms with Gasteiger partial charge in [-0.25, -0.2) is 4.79 Å². The molecule has 4 heteroatoms. The Kier molecular flexibility index (Phi) is 4.82. The molecule has 0 aromatic carbocycles. The predicted octanol–water partition coefficient (Wildman–Crippen LogP) is 3.07. The monoisotopic (exact) mass is 234 g/mol. The minimum Gasteiger partial charge on any atom is -0.445 e. The summed E-state index contributed by atoms with van der Waals surface area (Å²) in [4.78, 5) is 19.7. The van der Waals surface area contributed by atoms with Gasteiger partial charge in [-0.2, -0.15) is 4.99 Å². The highest BCUT2D eigenvalue weighted by molar-refractivity contribution is 6.05. The molecule has 0 aliphatic carbocycles. The van der Waals surface area contributed by atoms with Crippen LogP contribution in [0.1, 0.15) is 33.4 Å². The van der Waals surface area contributed by atoms with Crippen molar-refractivity contribution in [3.63, 3.8) is 0 Å². The van der Waals surface area contributed by atoms with Gasteiger partial charge in [-0.05, 0) is 31.9 Å². The fraction of sp³-hybridized carbons (Fsp3) is 0.462. The largest absolute Gasteiger partial charge is 0.445 e. The van der Waals surface area contributed by atoms with Crippen molar-refractivity contribution in [3.05, 3.63) is 30.1 Å². The molecular formula is C13H18N2O2. The van der Waals surface area contributed by atoms with Crippen LogP contribution in [-0.4, -0.2) is 22.9 Å². The molecule has 0 unspecified atom stereocenters. The van der Waals surface area contributed by atoms with Gasteiger partial charge in [0.05, 0.1) is 17.5 Å². The van der Waals surface area contributed by atoms with Crippen molar-refractivity contribution in [2.75, 3.05) is 0 Å². The number of amides is 1. The maximum Gasteiger partial charge on any atom is 0.434 e. The second-order valence-corrected chi connectivity index (χ2v) is 4.30. The summed E-state index contributed by atoms with van der Waals surface area (Å²) in [7, 11) is 0. The van der Waals surface area contributed by atoms with Crippen molar-refractivity contribution >= 4 is 11.8 Å². The fourth-order valence-corrected chi connectivity index (χ4v) is 1.32. The van der Waals surface area contributed by atoms with Crippen LogP contribution < -0.4 is 0 Å². The number of rotatable bonds is 3. The van der Waals surface area contributed by atoms with Crippen molar-refractivity contribution in [3.8, 4) is 0 Å². The third-order valence-electron chi connectivity index (χ3n) is 2.02. The molecule has 92 valence electrons. The first-order valence-electron chi connectivity index (χ1n) is 5.71. The summed E-state index contributed by atoms with van der Waals surface area (Å²) in [6.07, 6.45) is 0.957. The van der Waals surface area contributed by atoms with E-state index in [1.54, 1.807) is 20.0 Å². The Bertz CT molecular complexity index is 397. The molecule has 0 bridgehead atoms. The molecule has 0 aliphatic rings. The Morgan fingerprint density at radius 3 is 2.47 bits per heavy atom. The minimum absolute atomic E-state index is 0.115. The molecule has 0 saturated carbocycles. The molecule has 0 spiro atoms. The molecule has 1 aromatic heterocycles. The van der Waals surface area contributed by atoms with Crippen LogP contribution in [-0.2, 0) is 4.74 Å². The van der Waals surface area contributed by atoms with E-state index in [1.807, 2.05) is 32.0 Å². The number of pyridine rings is 1. The summed E-state index contributed by atoms with van der Waals surface area (Å²) in [5.41, 5.74) is 1.36. The van der Waals surface area contributed by atoms with E-state index < -0.39 is 6.09 Å². The van der Waals surface area contributed by atoms with Gasteiger partial charge >= 0.3 is 6.09 Å². The van der Waals surface area contributed by atoms with Gasteiger partial charge < -0.3 is 4.74 Å². The molecule has 0 radical (unpaired) electrons. The molecular weight excluding hydrogens is 216 g/mol. The van der Waals surface area contributed by atoms with Crippen molar-refractivity contribution in [2.45, 2.75) is 33.8 Å². The topological polar surface area (TPSA) is 51.5 Å². The summed E-state index contributed by atoms with van der Waals surface area (Å²) in [6, 6.07) is 5.53. The van der Waals surface area contributed by atoms with Crippen LogP contribution in [0.5, 0.6) is 0 Å². The lowest BCUT2D eigenvalue weighted by atomic mass is 10.0. The number of aromatic nitrogens is 1. The number of carbonyl (C=O) groups excluding carboxylic acids is 1. The summed E-state index contributed by atoms with van der Waals surface area (Å²) < 4.78 is 5.00. The van der Waals surface area contributed by atoms with E-state index in [9.17, 15) is 4.79 Å². The Labute approximate surface area is 102 Å². The van der Waals surface area contributed by atoms with E-state index in [0.29, 0.717) is 11.4 Å². The van der Waals surface area contributed by atoms with Gasteiger partial charge in [-0.3, -0.25) is 4.98 Å². The Balaban J connectivity index is 2.94. The number of nitrogens with zero attached hydrogens (tertiary/aromatic N) is 2. The first-order valence-corrected chi connectivity index (χ1v) is 5.71. The molecule has 1 heterocycles. The van der Waals surface area contributed by atoms with E-state index >= 15 is 0 Å². The lowest BCUT2D eigenvalue weighted by molar-refractivity contribution is 0.126. The lowest BCUT2D eigenvalue weighted by Crippen LogP contribution is -2.16. The number of aliphatic imine (C=N–C) groups is 1. The van der Waals surface area contributed by atoms with Crippen molar-refractivity contribution in [1.29, 1.82) is 0 Å². The molecule has 1 aromatic rings. The van der Waals surface area contributed by atoms with Gasteiger partial charge in [0.1, 0.15) is 0 Å². The Hall–Kier alpha value is -1.71. The molecule has 17 heavy (non-hydrogen) atoms. The van der Waals surface area contributed by atoms with E-state index in [4.69, 9.17) is 4.74 Å². The van der Waals surface area contributed by atoms with E-state index in [-0.39, 0.29) is 12.0 Å². The van der Waals surface area contributed by atoms with Crippen LogP contribution in [0, 0.1) is 5.92 Å². The average Bonchev–Trinajstić information content (AvgIpc) is 2.25. The zero-order valence-corrected chi connectivity index (χ0v) is 10.7. The van der Waals surface area contributed by atoms with Crippen molar-refractivity contribution < 1.29 is 9.53 Å². The number of ether oxygens (including phenoxy) is 1. The molecule has 1 rings (SSSR count). The molecule has 4 nitrogen and oxygen atoms in total. The fourth-order valence-electron chi connectivity index (χ4n) is 1.32. The average molecular weight is 234 g/mol. The zero-order valence-electron chi connectivity index (χ0n) is 10.7. The highest BCUT2D eigenvalue weighted by atomic mass is 16.6. The zero-order chi connectivity index (χ0) is 12.8. The molecule has 1 amide bonds. The Morgan fingerprint density at radius 2 is 2.00 bits per heavy atom. The first-order chi connectivity index (χ1) is 8.00. The van der Waals surface area contributed by atoms with Crippen LogP contribution in [0.25, 0.3) is 0 Å². The van der Waals surface area contributed by atoms with Gasteiger partial charge in [-0.1, -0.05) is 19.9 Å². The number of hydrogen-bond acceptors (Lipinski definition) is 3. The standard InChI is InChI=1S/C13H18N2O2/c1-9(2)12(11-7-5-6-8-14-11)15-13(16)17-10(3)4/h5-10H,1-4H3/b15-12-. The molecule has 0 aliphatic heterocycles. The number of carbonyl (C=O) groups is 1. The van der Waals surface area contributed by atoms with Crippen LogP contribution in [0.4, 0.5) is 4.79 Å². The third kappa shape index (κ3) is 4.34. The summed E-state index contributed by atoms with van der Waals surface area (Å²) in [5, 5.41) is 0. The number of hydrogen-bond donors (Lipinski definition) is 0. The summed E-state index contributed by atoms with van der Waals surface area (Å²) in [6.45, 7) is 7.53. The van der Waals surface area contributed by atoms with Gasteiger partial charge in [0.25, 0.3) is 0 Å². The van der Waals surface area contributed by atoms with Gasteiger partial charge in [0.15, 0.2) is 0 Å². The highest BCUT2D eigenvalue weighted by Gasteiger charge is 2.13. The normalized spacial score (nSPS) is 12.0. The maximum absolute atomic E-state index is 11.5. The molecule has 0 saturated heterocycles. The van der Waals surface area contributed by atoms with Gasteiger partial charge in [0, 0.05) is 6.20 Å². The third-order valence-corrected chi connectivity index (χ3v) is 2.02. The predicted molar refractivity (Wildman–Crippen MR) is 67.2 cm³/mol. The van der Waals surface area contributed by atoms with Crippen LogP contribution in [0.15, 0.2) is 29.4 Å². The lowest BCUT2D eigenvalue weighted by Gasteiger charge is -2.10. The summed E-state index contributed by atoms with van der Waals surface area (Å²) in [5.74, 6) is 0.115. The molecule has 0 fully saturated rings. The second kappa shape index (κ2) is 6.13. The van der Waals surface area contributed by atoms with E-state index in [0.717, 1.165) is 0 Å². The van der Waals surface area contributed by atoms with Crippen molar-refractivity contribution in [2.24, 2.45) is 10.9 Å². The molecule has 0 N–H and O–H groups in total. The maximum atomic E-state index is 11.5. The van der Waals surface area contributed by atoms with E-state index in [2.05, 4.69) is 9.98 Å². The van der Waals surface area contributed by atoms with Crippen molar-refractivity contribution in [1.82, 2.24) is 4.98 Å². The summed E-state index contributed by atoms with van der Waals surface area (Å²) >= 11 is 0. The highest BCUT2D eigenvalue weighted by Crippen LogP contribution is 2.08. The van der Waals surface area contributed by atoms with Gasteiger partial charge in [-0.15, -0.1) is 0 Å². The molecule has 0 atom stereocenters. The minimum atomic E-state index is -0.561. The second-order valence-electron chi connectivity index (χ2n) is 4.30. The first kappa shape index (κ1) is 13.4. The smallest absolute Gasteiger partial charge is 0.434 e. The van der Waals surface area contributed by atoms with Crippen LogP contribution >= 0.6 is 0 Å². The van der Waals surface area contributed by atoms with E-state index in [1.165, 1.54) is 0 Å². The van der Waals surface area contributed by atoms with Crippen LogP contribution in [0.3, 0.4) is 0 Å². The Morgan fingerprint density at radius 1 is 1.29 bits per heavy atom. The van der Waals surface area contributed by atoms with Gasteiger partial charge in [0.2, 0.25) is 0 Å². The quantitative estimate of drug-likeness (QED) is 0.755. The van der Waals surface area contributed by atoms with Crippen LogP contribution in [0.2, 0.25) is 0 Å².